The molecule has 0 atom stereocenters. The van der Waals surface area contributed by atoms with Crippen LogP contribution in [0.15, 0.2) is 29.2 Å². The van der Waals surface area contributed by atoms with Crippen LogP contribution in [0.25, 0.3) is 0 Å². The first kappa shape index (κ1) is 9.28. The highest BCUT2D eigenvalue weighted by Gasteiger charge is 2.43. The zero-order valence-corrected chi connectivity index (χ0v) is 9.18. The fourth-order valence-corrected chi connectivity index (χ4v) is 3.71. The molecule has 0 N–H and O–H groups in total. The maximum Gasteiger partial charge on any atom is 0.340 e. The van der Waals surface area contributed by atoms with E-state index in [4.69, 9.17) is 4.74 Å². The molecule has 1 aliphatic heterocycles. The summed E-state index contributed by atoms with van der Waals surface area (Å²) in [4.78, 5) is 12.6. The lowest BCUT2D eigenvalue weighted by Gasteiger charge is -2.33. The third-order valence-electron chi connectivity index (χ3n) is 3.05. The van der Waals surface area contributed by atoms with E-state index >= 15 is 0 Å². The van der Waals surface area contributed by atoms with Crippen molar-refractivity contribution in [1.82, 2.24) is 0 Å². The average molecular weight is 220 g/mol. The minimum Gasteiger partial charge on any atom is -0.444 e. The predicted octanol–water partition coefficient (Wildman–Crippen LogP) is 3.22. The van der Waals surface area contributed by atoms with Gasteiger partial charge >= 0.3 is 5.97 Å². The Kier molecular flexibility index (Phi) is 2.02. The second-order valence-corrected chi connectivity index (χ2v) is 5.49. The fourth-order valence-electron chi connectivity index (χ4n) is 2.29. The summed E-state index contributed by atoms with van der Waals surface area (Å²) >= 11 is 1.73. The first-order valence-electron chi connectivity index (χ1n) is 5.31. The zero-order chi connectivity index (χ0) is 10.3. The second-order valence-electron chi connectivity index (χ2n) is 4.11. The summed E-state index contributed by atoms with van der Waals surface area (Å²) in [6.45, 7) is 0. The lowest BCUT2D eigenvalue weighted by Crippen LogP contribution is -2.32. The number of esters is 1. The molecule has 1 saturated carbocycles. The minimum absolute atomic E-state index is 0.147. The van der Waals surface area contributed by atoms with E-state index in [2.05, 4.69) is 0 Å². The summed E-state index contributed by atoms with van der Waals surface area (Å²) in [7, 11) is 0. The SMILES string of the molecule is O=C1OC2(CCCC2)Sc2ccccc21. The highest BCUT2D eigenvalue weighted by Crippen LogP contribution is 2.50. The quantitative estimate of drug-likeness (QED) is 0.628. The molecule has 0 amide bonds. The second kappa shape index (κ2) is 3.27. The van der Waals surface area contributed by atoms with E-state index in [-0.39, 0.29) is 10.9 Å². The summed E-state index contributed by atoms with van der Waals surface area (Å²) in [6, 6.07) is 7.72. The van der Waals surface area contributed by atoms with Crippen LogP contribution in [0.1, 0.15) is 36.0 Å². The normalized spacial score (nSPS) is 22.5. The van der Waals surface area contributed by atoms with E-state index in [9.17, 15) is 4.79 Å². The van der Waals surface area contributed by atoms with E-state index in [1.54, 1.807) is 11.8 Å². The van der Waals surface area contributed by atoms with Crippen LogP contribution in [-0.2, 0) is 4.74 Å². The first-order chi connectivity index (χ1) is 7.29. The number of hydrogen-bond acceptors (Lipinski definition) is 3. The van der Waals surface area contributed by atoms with Crippen molar-refractivity contribution in [2.75, 3.05) is 0 Å². The number of benzene rings is 1. The molecular formula is C12H12O2S. The first-order valence-corrected chi connectivity index (χ1v) is 6.12. The Morgan fingerprint density at radius 1 is 1.20 bits per heavy atom. The molecule has 1 heterocycles. The van der Waals surface area contributed by atoms with Crippen LogP contribution >= 0.6 is 11.8 Å². The molecule has 3 rings (SSSR count). The van der Waals surface area contributed by atoms with Gasteiger partial charge in [0.05, 0.1) is 5.56 Å². The van der Waals surface area contributed by atoms with Crippen LogP contribution in [0.3, 0.4) is 0 Å². The van der Waals surface area contributed by atoms with Crippen LogP contribution < -0.4 is 0 Å². The van der Waals surface area contributed by atoms with Gasteiger partial charge in [-0.1, -0.05) is 23.9 Å². The van der Waals surface area contributed by atoms with Gasteiger partial charge in [-0.25, -0.2) is 4.79 Å². The van der Waals surface area contributed by atoms with E-state index in [0.29, 0.717) is 0 Å². The van der Waals surface area contributed by atoms with Gasteiger partial charge in [-0.15, -0.1) is 0 Å². The van der Waals surface area contributed by atoms with Crippen molar-refractivity contribution in [3.63, 3.8) is 0 Å². The van der Waals surface area contributed by atoms with E-state index in [1.165, 1.54) is 12.8 Å². The van der Waals surface area contributed by atoms with Gasteiger partial charge in [0.15, 0.2) is 4.93 Å². The molecule has 15 heavy (non-hydrogen) atoms. The van der Waals surface area contributed by atoms with Gasteiger partial charge in [-0.2, -0.15) is 0 Å². The van der Waals surface area contributed by atoms with E-state index in [0.717, 1.165) is 23.3 Å². The third kappa shape index (κ3) is 1.46. The summed E-state index contributed by atoms with van der Waals surface area (Å²) in [5.41, 5.74) is 0.722. The Morgan fingerprint density at radius 2 is 1.93 bits per heavy atom. The summed E-state index contributed by atoms with van der Waals surface area (Å²) in [6.07, 6.45) is 4.33. The van der Waals surface area contributed by atoms with Crippen LogP contribution in [0.4, 0.5) is 0 Å². The summed E-state index contributed by atoms with van der Waals surface area (Å²) in [5, 5.41) is 0. The molecule has 1 aliphatic carbocycles. The van der Waals surface area contributed by atoms with Crippen molar-refractivity contribution in [1.29, 1.82) is 0 Å². The number of rotatable bonds is 0. The van der Waals surface area contributed by atoms with Crippen molar-refractivity contribution >= 4 is 17.7 Å². The molecule has 1 aromatic carbocycles. The topological polar surface area (TPSA) is 26.3 Å². The molecule has 1 fully saturated rings. The molecule has 2 aliphatic rings. The maximum absolute atomic E-state index is 11.8. The standard InChI is InChI=1S/C12H12O2S/c13-11-9-5-1-2-6-10(9)15-12(14-11)7-3-4-8-12/h1-2,5-6H,3-4,7-8H2. The molecule has 0 unspecified atom stereocenters. The van der Waals surface area contributed by atoms with Crippen LogP contribution in [-0.4, -0.2) is 10.9 Å². The molecule has 0 radical (unpaired) electrons. The van der Waals surface area contributed by atoms with Gasteiger partial charge in [0.2, 0.25) is 0 Å². The Bertz CT molecular complexity index is 408. The van der Waals surface area contributed by atoms with Gasteiger partial charge in [0.1, 0.15) is 0 Å². The summed E-state index contributed by atoms with van der Waals surface area (Å²) in [5.74, 6) is -0.147. The minimum atomic E-state index is -0.245. The third-order valence-corrected chi connectivity index (χ3v) is 4.49. The zero-order valence-electron chi connectivity index (χ0n) is 8.36. The highest BCUT2D eigenvalue weighted by atomic mass is 32.2. The van der Waals surface area contributed by atoms with Gasteiger partial charge < -0.3 is 4.74 Å². The molecule has 0 bridgehead atoms. The maximum atomic E-state index is 11.8. The number of fused-ring (bicyclic) bond motifs is 1. The van der Waals surface area contributed by atoms with Gasteiger partial charge in [-0.3, -0.25) is 0 Å². The highest BCUT2D eigenvalue weighted by molar-refractivity contribution is 8.00. The van der Waals surface area contributed by atoms with Crippen LogP contribution in [0.5, 0.6) is 0 Å². The molecule has 0 aromatic heterocycles. The van der Waals surface area contributed by atoms with E-state index < -0.39 is 0 Å². The molecule has 3 heteroatoms. The number of thioether (sulfide) groups is 1. The number of hydrogen-bond donors (Lipinski definition) is 0. The molecular weight excluding hydrogens is 208 g/mol. The lowest BCUT2D eigenvalue weighted by molar-refractivity contribution is 0.0195. The lowest BCUT2D eigenvalue weighted by atomic mass is 10.2. The molecule has 1 spiro atoms. The van der Waals surface area contributed by atoms with Crippen LogP contribution in [0.2, 0.25) is 0 Å². The Labute approximate surface area is 93.0 Å². The van der Waals surface area contributed by atoms with E-state index in [1.807, 2.05) is 24.3 Å². The molecule has 78 valence electrons. The number of carbonyl (C=O) groups is 1. The number of carbonyl (C=O) groups excluding carboxylic acids is 1. The van der Waals surface area contributed by atoms with Gasteiger partial charge in [0, 0.05) is 4.90 Å². The van der Waals surface area contributed by atoms with Crippen molar-refractivity contribution in [3.8, 4) is 0 Å². The molecule has 1 aromatic rings. The van der Waals surface area contributed by atoms with Gasteiger partial charge in [-0.05, 0) is 37.8 Å². The van der Waals surface area contributed by atoms with Crippen molar-refractivity contribution in [2.45, 2.75) is 35.5 Å². The molecule has 2 nitrogen and oxygen atoms in total. The van der Waals surface area contributed by atoms with Crippen LogP contribution in [0, 0.1) is 0 Å². The average Bonchev–Trinajstić information content (AvgIpc) is 2.66. The molecule has 0 saturated heterocycles. The Hall–Kier alpha value is -0.960. The number of ether oxygens (including phenoxy) is 1. The van der Waals surface area contributed by atoms with Crippen molar-refractivity contribution < 1.29 is 9.53 Å². The Balaban J connectivity index is 2.02. The Morgan fingerprint density at radius 3 is 2.73 bits per heavy atom. The largest absolute Gasteiger partial charge is 0.444 e. The van der Waals surface area contributed by atoms with Gasteiger partial charge in [0.25, 0.3) is 0 Å². The monoisotopic (exact) mass is 220 g/mol. The summed E-state index contributed by atoms with van der Waals surface area (Å²) < 4.78 is 5.59. The fraction of sp³-hybridized carbons (Fsp3) is 0.417. The predicted molar refractivity (Wildman–Crippen MR) is 58.9 cm³/mol. The van der Waals surface area contributed by atoms with Crippen molar-refractivity contribution in [3.05, 3.63) is 29.8 Å². The smallest absolute Gasteiger partial charge is 0.340 e. The van der Waals surface area contributed by atoms with Crippen molar-refractivity contribution in [2.24, 2.45) is 0 Å².